The predicted molar refractivity (Wildman–Crippen MR) is 94.1 cm³/mol. The number of anilines is 2. The SMILES string of the molecule is CC1C=C(Nc2nc(N[C@@H]3CCCC[C@@H]3N)nnc2C(N)=O)SN1. The van der Waals surface area contributed by atoms with Crippen molar-refractivity contribution in [2.45, 2.75) is 50.7 Å². The predicted octanol–water partition coefficient (Wildman–Crippen LogP) is 0.546. The van der Waals surface area contributed by atoms with Gasteiger partial charge in [0.25, 0.3) is 5.91 Å². The van der Waals surface area contributed by atoms with Gasteiger partial charge in [-0.2, -0.15) is 4.98 Å². The summed E-state index contributed by atoms with van der Waals surface area (Å²) < 4.78 is 3.17. The average molecular weight is 350 g/mol. The molecular weight excluding hydrogens is 328 g/mol. The monoisotopic (exact) mass is 350 g/mol. The molecule has 1 aliphatic heterocycles. The molecule has 10 heteroatoms. The maximum atomic E-state index is 11.6. The van der Waals surface area contributed by atoms with Crippen LogP contribution < -0.4 is 26.8 Å². The third-order valence-corrected chi connectivity index (χ3v) is 5.00. The second-order valence-corrected chi connectivity index (χ2v) is 6.94. The third kappa shape index (κ3) is 3.94. The van der Waals surface area contributed by atoms with Crippen LogP contribution >= 0.6 is 11.9 Å². The summed E-state index contributed by atoms with van der Waals surface area (Å²) in [5.74, 6) is -0.0449. The Bertz CT molecular complexity index is 652. The zero-order valence-electron chi connectivity index (χ0n) is 13.5. The molecule has 130 valence electrons. The lowest BCUT2D eigenvalue weighted by Crippen LogP contribution is -2.43. The number of hydrogen-bond donors (Lipinski definition) is 5. The fourth-order valence-corrected chi connectivity index (χ4v) is 3.58. The molecule has 1 amide bonds. The molecule has 0 spiro atoms. The van der Waals surface area contributed by atoms with Gasteiger partial charge in [-0.15, -0.1) is 10.2 Å². The van der Waals surface area contributed by atoms with Crippen LogP contribution in [-0.4, -0.2) is 39.2 Å². The van der Waals surface area contributed by atoms with E-state index in [0.717, 1.165) is 30.7 Å². The average Bonchev–Trinajstić information content (AvgIpc) is 2.94. The van der Waals surface area contributed by atoms with Crippen molar-refractivity contribution in [3.63, 3.8) is 0 Å². The smallest absolute Gasteiger partial charge is 0.273 e. The fourth-order valence-electron chi connectivity index (χ4n) is 2.78. The number of nitrogens with zero attached hydrogens (tertiary/aromatic N) is 3. The lowest BCUT2D eigenvalue weighted by Gasteiger charge is -2.29. The molecule has 2 aliphatic rings. The molecule has 0 aromatic carbocycles. The Balaban J connectivity index is 1.79. The van der Waals surface area contributed by atoms with Crippen molar-refractivity contribution in [3.05, 3.63) is 16.8 Å². The highest BCUT2D eigenvalue weighted by molar-refractivity contribution is 8.01. The fraction of sp³-hybridized carbons (Fsp3) is 0.571. The van der Waals surface area contributed by atoms with Gasteiger partial charge in [0.05, 0.1) is 5.03 Å². The van der Waals surface area contributed by atoms with Crippen LogP contribution in [0.2, 0.25) is 0 Å². The van der Waals surface area contributed by atoms with Crippen LogP contribution in [0.5, 0.6) is 0 Å². The van der Waals surface area contributed by atoms with Crippen molar-refractivity contribution in [2.75, 3.05) is 10.6 Å². The highest BCUT2D eigenvalue weighted by Crippen LogP contribution is 2.25. The molecule has 1 aromatic heterocycles. The molecule has 0 radical (unpaired) electrons. The Kier molecular flexibility index (Phi) is 5.17. The number of carbonyl (C=O) groups is 1. The summed E-state index contributed by atoms with van der Waals surface area (Å²) in [6.45, 7) is 2.02. The van der Waals surface area contributed by atoms with E-state index >= 15 is 0 Å². The number of hydrogen-bond acceptors (Lipinski definition) is 9. The molecule has 1 saturated carbocycles. The summed E-state index contributed by atoms with van der Waals surface area (Å²) in [5.41, 5.74) is 11.5. The highest BCUT2D eigenvalue weighted by Gasteiger charge is 2.24. The maximum Gasteiger partial charge on any atom is 0.273 e. The number of aromatic nitrogens is 3. The first-order chi connectivity index (χ1) is 11.5. The molecule has 0 saturated heterocycles. The minimum absolute atomic E-state index is 0.00884. The Hall–Kier alpha value is -1.91. The first kappa shape index (κ1) is 16.9. The number of primary amides is 1. The van der Waals surface area contributed by atoms with Gasteiger partial charge in [-0.25, -0.2) is 0 Å². The molecule has 9 nitrogen and oxygen atoms in total. The van der Waals surface area contributed by atoms with Gasteiger partial charge in [0.1, 0.15) is 0 Å². The van der Waals surface area contributed by atoms with Crippen molar-refractivity contribution in [3.8, 4) is 0 Å². The number of nitrogens with two attached hydrogens (primary N) is 2. The number of carbonyl (C=O) groups excluding carboxylic acids is 1. The lowest BCUT2D eigenvalue weighted by molar-refractivity contribution is 0.0995. The van der Waals surface area contributed by atoms with E-state index in [4.69, 9.17) is 11.5 Å². The molecule has 3 rings (SSSR count). The molecule has 0 bridgehead atoms. The molecule has 1 aliphatic carbocycles. The van der Waals surface area contributed by atoms with Crippen LogP contribution in [0.4, 0.5) is 11.8 Å². The van der Waals surface area contributed by atoms with Crippen molar-refractivity contribution in [1.82, 2.24) is 19.9 Å². The Morgan fingerprint density at radius 2 is 2.17 bits per heavy atom. The van der Waals surface area contributed by atoms with Crippen LogP contribution in [0.25, 0.3) is 0 Å². The number of rotatable bonds is 5. The second kappa shape index (κ2) is 7.32. The molecule has 7 N–H and O–H groups in total. The van der Waals surface area contributed by atoms with Crippen LogP contribution in [0.1, 0.15) is 43.1 Å². The van der Waals surface area contributed by atoms with Crippen molar-refractivity contribution in [2.24, 2.45) is 11.5 Å². The number of nitrogens with one attached hydrogen (secondary N) is 3. The van der Waals surface area contributed by atoms with Crippen LogP contribution in [-0.2, 0) is 0 Å². The van der Waals surface area contributed by atoms with Crippen LogP contribution in [0, 0.1) is 0 Å². The Morgan fingerprint density at radius 1 is 1.38 bits per heavy atom. The normalized spacial score (nSPS) is 26.8. The van der Waals surface area contributed by atoms with Crippen molar-refractivity contribution < 1.29 is 4.79 Å². The molecule has 3 atom stereocenters. The molecule has 2 heterocycles. The molecule has 1 fully saturated rings. The van der Waals surface area contributed by atoms with Crippen LogP contribution in [0.15, 0.2) is 11.1 Å². The standard InChI is InChI=1S/C14H22N8OS/c1-7-6-10(24-22-7)18-13-11(12(16)23)20-21-14(19-13)17-9-5-3-2-4-8(9)15/h6-9,22H,2-5,15H2,1H3,(H2,16,23)(H2,17,18,19,21)/t7?,8-,9+/m0/s1. The summed E-state index contributed by atoms with van der Waals surface area (Å²) in [7, 11) is 0. The summed E-state index contributed by atoms with van der Waals surface area (Å²) >= 11 is 1.43. The second-order valence-electron chi connectivity index (χ2n) is 6.06. The lowest BCUT2D eigenvalue weighted by atomic mass is 9.91. The summed E-state index contributed by atoms with van der Waals surface area (Å²) in [6.07, 6.45) is 6.19. The summed E-state index contributed by atoms with van der Waals surface area (Å²) in [6, 6.07) is 0.393. The van der Waals surface area contributed by atoms with Gasteiger partial charge in [-0.05, 0) is 37.8 Å². The molecule has 24 heavy (non-hydrogen) atoms. The number of amides is 1. The van der Waals surface area contributed by atoms with E-state index in [1.54, 1.807) is 0 Å². The van der Waals surface area contributed by atoms with Crippen molar-refractivity contribution in [1.29, 1.82) is 0 Å². The third-order valence-electron chi connectivity index (χ3n) is 4.05. The van der Waals surface area contributed by atoms with E-state index in [1.807, 2.05) is 13.0 Å². The Labute approximate surface area is 144 Å². The van der Waals surface area contributed by atoms with E-state index < -0.39 is 5.91 Å². The zero-order chi connectivity index (χ0) is 17.1. The van der Waals surface area contributed by atoms with Gasteiger partial charge in [0.15, 0.2) is 11.5 Å². The first-order valence-corrected chi connectivity index (χ1v) is 8.82. The largest absolute Gasteiger partial charge is 0.364 e. The van der Waals surface area contributed by atoms with E-state index in [1.165, 1.54) is 11.9 Å². The summed E-state index contributed by atoms with van der Waals surface area (Å²) in [4.78, 5) is 15.9. The topological polar surface area (TPSA) is 144 Å². The van der Waals surface area contributed by atoms with Gasteiger partial charge in [-0.1, -0.05) is 12.8 Å². The van der Waals surface area contributed by atoms with E-state index in [0.29, 0.717) is 11.8 Å². The minimum Gasteiger partial charge on any atom is -0.364 e. The van der Waals surface area contributed by atoms with Crippen LogP contribution in [0.3, 0.4) is 0 Å². The van der Waals surface area contributed by atoms with Gasteiger partial charge >= 0.3 is 0 Å². The van der Waals surface area contributed by atoms with Crippen molar-refractivity contribution >= 4 is 29.6 Å². The molecule has 1 unspecified atom stereocenters. The maximum absolute atomic E-state index is 11.6. The van der Waals surface area contributed by atoms with E-state index in [9.17, 15) is 4.79 Å². The van der Waals surface area contributed by atoms with E-state index in [-0.39, 0.29) is 23.8 Å². The van der Waals surface area contributed by atoms with Gasteiger partial charge in [-0.3, -0.25) is 9.52 Å². The van der Waals surface area contributed by atoms with E-state index in [2.05, 4.69) is 30.5 Å². The van der Waals surface area contributed by atoms with Gasteiger partial charge in [0.2, 0.25) is 5.95 Å². The van der Waals surface area contributed by atoms with Gasteiger partial charge < -0.3 is 22.1 Å². The first-order valence-electron chi connectivity index (χ1n) is 8.01. The van der Waals surface area contributed by atoms with Gasteiger partial charge in [0, 0.05) is 18.1 Å². The Morgan fingerprint density at radius 3 is 2.83 bits per heavy atom. The highest BCUT2D eigenvalue weighted by atomic mass is 32.2. The molecular formula is C14H22N8OS. The molecule has 1 aromatic rings. The summed E-state index contributed by atoms with van der Waals surface area (Å²) in [5, 5.41) is 15.0. The zero-order valence-corrected chi connectivity index (χ0v) is 14.3. The minimum atomic E-state index is -0.678. The quantitative estimate of drug-likeness (QED) is 0.481.